The predicted octanol–water partition coefficient (Wildman–Crippen LogP) is 2.70. The van der Waals surface area contributed by atoms with E-state index in [9.17, 15) is 4.79 Å². The second kappa shape index (κ2) is 5.52. The molecule has 2 heterocycles. The number of carbonyl (C=O) groups is 1. The van der Waals surface area contributed by atoms with E-state index in [1.807, 2.05) is 19.9 Å². The van der Waals surface area contributed by atoms with Crippen LogP contribution in [0.4, 0.5) is 5.82 Å². The van der Waals surface area contributed by atoms with Crippen molar-refractivity contribution in [2.45, 2.75) is 20.3 Å². The summed E-state index contributed by atoms with van der Waals surface area (Å²) in [6, 6.07) is 5.41. The molecule has 0 aromatic carbocycles. The van der Waals surface area contributed by atoms with Gasteiger partial charge < -0.3 is 5.32 Å². The van der Waals surface area contributed by atoms with E-state index in [0.717, 1.165) is 22.3 Å². The number of pyridine rings is 1. The standard InChI is InChI=1S/C13H15BrN4O/c1-4-9-7-11(18(3)17-9)13(19)16-12-6-5-10(14)8(2)15-12/h5-7H,4H2,1-3H3,(H,15,16,19). The molecule has 0 aliphatic carbocycles. The van der Waals surface area contributed by atoms with Crippen LogP contribution in [0.2, 0.25) is 0 Å². The minimum absolute atomic E-state index is 0.205. The number of aromatic nitrogens is 3. The molecule has 19 heavy (non-hydrogen) atoms. The van der Waals surface area contributed by atoms with Crippen molar-refractivity contribution in [3.8, 4) is 0 Å². The molecule has 0 unspecified atom stereocenters. The first-order chi connectivity index (χ1) is 9.01. The Balaban J connectivity index is 2.20. The highest BCUT2D eigenvalue weighted by Gasteiger charge is 2.13. The van der Waals surface area contributed by atoms with Gasteiger partial charge in [0.05, 0.1) is 11.4 Å². The van der Waals surface area contributed by atoms with E-state index in [2.05, 4.69) is 31.3 Å². The molecule has 6 heteroatoms. The lowest BCUT2D eigenvalue weighted by molar-refractivity contribution is 0.101. The third-order valence-electron chi connectivity index (χ3n) is 2.79. The number of halogens is 1. The van der Waals surface area contributed by atoms with E-state index in [1.165, 1.54) is 0 Å². The number of hydrogen-bond acceptors (Lipinski definition) is 3. The van der Waals surface area contributed by atoms with E-state index >= 15 is 0 Å². The molecule has 1 amide bonds. The molecule has 0 aliphatic heterocycles. The zero-order chi connectivity index (χ0) is 14.0. The summed E-state index contributed by atoms with van der Waals surface area (Å²) in [5.74, 6) is 0.328. The van der Waals surface area contributed by atoms with Crippen molar-refractivity contribution in [2.75, 3.05) is 5.32 Å². The molecule has 2 aromatic heterocycles. The second-order valence-electron chi connectivity index (χ2n) is 4.22. The Hall–Kier alpha value is -1.69. The van der Waals surface area contributed by atoms with Crippen LogP contribution in [0, 0.1) is 6.92 Å². The smallest absolute Gasteiger partial charge is 0.275 e. The average Bonchev–Trinajstić information content (AvgIpc) is 2.75. The van der Waals surface area contributed by atoms with Gasteiger partial charge in [0.1, 0.15) is 11.5 Å². The number of hydrogen-bond donors (Lipinski definition) is 1. The molecule has 2 rings (SSSR count). The highest BCUT2D eigenvalue weighted by Crippen LogP contribution is 2.16. The largest absolute Gasteiger partial charge is 0.305 e. The number of nitrogens with one attached hydrogen (secondary N) is 1. The lowest BCUT2D eigenvalue weighted by Gasteiger charge is -2.06. The van der Waals surface area contributed by atoms with Crippen molar-refractivity contribution in [1.29, 1.82) is 0 Å². The fraction of sp³-hybridized carbons (Fsp3) is 0.308. The highest BCUT2D eigenvalue weighted by atomic mass is 79.9. The number of rotatable bonds is 3. The molecule has 0 fully saturated rings. The third kappa shape index (κ3) is 3.01. The maximum Gasteiger partial charge on any atom is 0.275 e. The Morgan fingerprint density at radius 2 is 2.21 bits per heavy atom. The first kappa shape index (κ1) is 13.7. The average molecular weight is 323 g/mol. The van der Waals surface area contributed by atoms with Gasteiger partial charge in [0.25, 0.3) is 5.91 Å². The Morgan fingerprint density at radius 3 is 2.79 bits per heavy atom. The van der Waals surface area contributed by atoms with Crippen molar-refractivity contribution >= 4 is 27.7 Å². The molecule has 0 radical (unpaired) electrons. The van der Waals surface area contributed by atoms with Crippen molar-refractivity contribution < 1.29 is 4.79 Å². The number of anilines is 1. The van der Waals surface area contributed by atoms with E-state index in [-0.39, 0.29) is 5.91 Å². The van der Waals surface area contributed by atoms with Gasteiger partial charge in [0, 0.05) is 11.5 Å². The maximum atomic E-state index is 12.1. The number of carbonyl (C=O) groups excluding carboxylic acids is 1. The van der Waals surface area contributed by atoms with E-state index in [4.69, 9.17) is 0 Å². The molecule has 5 nitrogen and oxygen atoms in total. The summed E-state index contributed by atoms with van der Waals surface area (Å²) in [5, 5.41) is 7.02. The molecule has 0 saturated heterocycles. The molecule has 100 valence electrons. The molecule has 2 aromatic rings. The SMILES string of the molecule is CCc1cc(C(=O)Nc2ccc(Br)c(C)n2)n(C)n1. The Bertz CT molecular complexity index is 621. The number of amides is 1. The first-order valence-corrected chi connectivity index (χ1v) is 6.78. The molecule has 0 saturated carbocycles. The van der Waals surface area contributed by atoms with Crippen LogP contribution >= 0.6 is 15.9 Å². The summed E-state index contributed by atoms with van der Waals surface area (Å²) in [6.45, 7) is 3.88. The van der Waals surface area contributed by atoms with E-state index < -0.39 is 0 Å². The van der Waals surface area contributed by atoms with Gasteiger partial charge in [-0.2, -0.15) is 5.10 Å². The van der Waals surface area contributed by atoms with Crippen molar-refractivity contribution in [2.24, 2.45) is 7.05 Å². The van der Waals surface area contributed by atoms with Gasteiger partial charge in [-0.3, -0.25) is 9.48 Å². The second-order valence-corrected chi connectivity index (χ2v) is 5.07. The van der Waals surface area contributed by atoms with Gasteiger partial charge in [-0.1, -0.05) is 6.92 Å². The summed E-state index contributed by atoms with van der Waals surface area (Å²) >= 11 is 3.38. The van der Waals surface area contributed by atoms with Crippen LogP contribution in [0.3, 0.4) is 0 Å². The Morgan fingerprint density at radius 1 is 1.47 bits per heavy atom. The van der Waals surface area contributed by atoms with Gasteiger partial charge in [0.15, 0.2) is 0 Å². The molecular formula is C13H15BrN4O. The van der Waals surface area contributed by atoms with Crippen LogP contribution in [0.1, 0.15) is 28.8 Å². The summed E-state index contributed by atoms with van der Waals surface area (Å²) in [7, 11) is 1.76. The monoisotopic (exact) mass is 322 g/mol. The number of aryl methyl sites for hydroxylation is 3. The lowest BCUT2D eigenvalue weighted by Crippen LogP contribution is -2.17. The molecule has 1 N–H and O–H groups in total. The minimum atomic E-state index is -0.205. The van der Waals surface area contributed by atoms with Crippen LogP contribution in [-0.2, 0) is 13.5 Å². The molecule has 0 aliphatic rings. The van der Waals surface area contributed by atoms with Crippen LogP contribution in [0.25, 0.3) is 0 Å². The van der Waals surface area contributed by atoms with E-state index in [0.29, 0.717) is 11.5 Å². The summed E-state index contributed by atoms with van der Waals surface area (Å²) < 4.78 is 2.50. The summed E-state index contributed by atoms with van der Waals surface area (Å²) in [6.07, 6.45) is 0.802. The van der Waals surface area contributed by atoms with Crippen LogP contribution in [-0.4, -0.2) is 20.7 Å². The lowest BCUT2D eigenvalue weighted by atomic mass is 10.3. The van der Waals surface area contributed by atoms with Gasteiger partial charge in [-0.05, 0) is 47.5 Å². The van der Waals surface area contributed by atoms with Crippen molar-refractivity contribution in [1.82, 2.24) is 14.8 Å². The van der Waals surface area contributed by atoms with E-state index in [1.54, 1.807) is 23.9 Å². The van der Waals surface area contributed by atoms with Crippen molar-refractivity contribution in [3.05, 3.63) is 39.8 Å². The van der Waals surface area contributed by atoms with Crippen molar-refractivity contribution in [3.63, 3.8) is 0 Å². The Kier molecular flexibility index (Phi) is 3.99. The third-order valence-corrected chi connectivity index (χ3v) is 3.63. The highest BCUT2D eigenvalue weighted by molar-refractivity contribution is 9.10. The van der Waals surface area contributed by atoms with Gasteiger partial charge in [-0.25, -0.2) is 4.98 Å². The fourth-order valence-corrected chi connectivity index (χ4v) is 1.93. The normalized spacial score (nSPS) is 10.5. The maximum absolute atomic E-state index is 12.1. The summed E-state index contributed by atoms with van der Waals surface area (Å²) in [4.78, 5) is 16.4. The van der Waals surface area contributed by atoms with Crippen LogP contribution < -0.4 is 5.32 Å². The number of nitrogens with zero attached hydrogens (tertiary/aromatic N) is 3. The first-order valence-electron chi connectivity index (χ1n) is 5.98. The molecular weight excluding hydrogens is 308 g/mol. The van der Waals surface area contributed by atoms with Gasteiger partial charge in [0.2, 0.25) is 0 Å². The topological polar surface area (TPSA) is 59.8 Å². The molecule has 0 spiro atoms. The molecule has 0 bridgehead atoms. The van der Waals surface area contributed by atoms with Gasteiger partial charge in [-0.15, -0.1) is 0 Å². The summed E-state index contributed by atoms with van der Waals surface area (Å²) in [5.41, 5.74) is 2.25. The van der Waals surface area contributed by atoms with Gasteiger partial charge >= 0.3 is 0 Å². The zero-order valence-corrected chi connectivity index (χ0v) is 12.7. The zero-order valence-electron chi connectivity index (χ0n) is 11.1. The fourth-order valence-electron chi connectivity index (χ4n) is 1.71. The van der Waals surface area contributed by atoms with Crippen LogP contribution in [0.15, 0.2) is 22.7 Å². The quantitative estimate of drug-likeness (QED) is 0.945. The predicted molar refractivity (Wildman–Crippen MR) is 77.2 cm³/mol. The Labute approximate surface area is 120 Å². The minimum Gasteiger partial charge on any atom is -0.305 e. The van der Waals surface area contributed by atoms with Crippen LogP contribution in [0.5, 0.6) is 0 Å². The molecule has 0 atom stereocenters.